The molecule has 1 amide bonds. The van der Waals surface area contributed by atoms with Crippen LogP contribution in [0.4, 0.5) is 10.1 Å². The van der Waals surface area contributed by atoms with Crippen LogP contribution >= 0.6 is 0 Å². The van der Waals surface area contributed by atoms with E-state index in [1.54, 1.807) is 6.07 Å². The van der Waals surface area contributed by atoms with Crippen LogP contribution in [0, 0.1) is 5.82 Å². The highest BCUT2D eigenvalue weighted by atomic mass is 19.1. The highest BCUT2D eigenvalue weighted by Crippen LogP contribution is 2.33. The van der Waals surface area contributed by atoms with E-state index in [4.69, 9.17) is 4.74 Å². The topological polar surface area (TPSA) is 61.9 Å². The van der Waals surface area contributed by atoms with E-state index >= 15 is 0 Å². The predicted octanol–water partition coefficient (Wildman–Crippen LogP) is 2.68. The summed E-state index contributed by atoms with van der Waals surface area (Å²) in [5, 5.41) is 2.66. The van der Waals surface area contributed by atoms with Crippen LogP contribution in [-0.2, 0) is 20.9 Å². The van der Waals surface area contributed by atoms with Crippen molar-refractivity contribution in [2.24, 2.45) is 0 Å². The van der Waals surface area contributed by atoms with Gasteiger partial charge in [0.05, 0.1) is 18.2 Å². The third-order valence-electron chi connectivity index (χ3n) is 5.98. The molecule has 0 aliphatic carbocycles. The zero-order valence-corrected chi connectivity index (χ0v) is 17.7. The lowest BCUT2D eigenvalue weighted by molar-refractivity contribution is -0.142. The number of carbonyl (C=O) groups excluding carboxylic acids is 2. The molecule has 0 radical (unpaired) electrons. The van der Waals surface area contributed by atoms with E-state index < -0.39 is 5.92 Å². The molecule has 31 heavy (non-hydrogen) atoms. The van der Waals surface area contributed by atoms with Crippen LogP contribution in [0.25, 0.3) is 0 Å². The molecule has 7 heteroatoms. The van der Waals surface area contributed by atoms with Gasteiger partial charge < -0.3 is 15.0 Å². The summed E-state index contributed by atoms with van der Waals surface area (Å²) < 4.78 is 20.3. The first-order chi connectivity index (χ1) is 15.0. The molecule has 0 spiro atoms. The van der Waals surface area contributed by atoms with Gasteiger partial charge in [-0.25, -0.2) is 4.39 Å². The molecule has 2 aromatic rings. The summed E-state index contributed by atoms with van der Waals surface area (Å²) in [6, 6.07) is 15.4. The molecule has 0 bridgehead atoms. The Labute approximate surface area is 182 Å². The van der Waals surface area contributed by atoms with Gasteiger partial charge in [0.15, 0.2) is 0 Å². The molecule has 2 aliphatic rings. The average molecular weight is 426 g/mol. The maximum Gasteiger partial charge on any atom is 0.313 e. The van der Waals surface area contributed by atoms with Crippen molar-refractivity contribution >= 4 is 17.6 Å². The molecular weight excluding hydrogens is 397 g/mol. The van der Waals surface area contributed by atoms with Gasteiger partial charge in [0.25, 0.3) is 0 Å². The van der Waals surface area contributed by atoms with Crippen molar-refractivity contribution in [1.82, 2.24) is 10.2 Å². The van der Waals surface area contributed by atoms with Crippen LogP contribution in [0.3, 0.4) is 0 Å². The summed E-state index contributed by atoms with van der Waals surface area (Å²) in [4.78, 5) is 27.7. The number of hydrogen-bond donors (Lipinski definition) is 1. The lowest BCUT2D eigenvalue weighted by atomic mass is 9.95. The molecule has 1 unspecified atom stereocenters. The summed E-state index contributed by atoms with van der Waals surface area (Å²) >= 11 is 0. The third-order valence-corrected chi connectivity index (χ3v) is 5.98. The van der Waals surface area contributed by atoms with Crippen molar-refractivity contribution in [3.05, 3.63) is 65.5 Å². The summed E-state index contributed by atoms with van der Waals surface area (Å²) in [5.74, 6) is -1.34. The summed E-state index contributed by atoms with van der Waals surface area (Å²) in [6.45, 7) is 5.86. The summed E-state index contributed by atoms with van der Waals surface area (Å²) in [7, 11) is 0. The molecule has 2 fully saturated rings. The van der Waals surface area contributed by atoms with Gasteiger partial charge in [-0.2, -0.15) is 0 Å². The fourth-order valence-electron chi connectivity index (χ4n) is 4.29. The highest BCUT2D eigenvalue weighted by molar-refractivity contribution is 5.80. The number of rotatable bonds is 6. The predicted molar refractivity (Wildman–Crippen MR) is 116 cm³/mol. The largest absolute Gasteiger partial charge is 0.460 e. The van der Waals surface area contributed by atoms with Crippen LogP contribution in [0.15, 0.2) is 48.5 Å². The van der Waals surface area contributed by atoms with Crippen molar-refractivity contribution in [3.63, 3.8) is 0 Å². The Hall–Kier alpha value is -2.93. The minimum Gasteiger partial charge on any atom is -0.460 e. The molecule has 6 nitrogen and oxygen atoms in total. The maximum absolute atomic E-state index is 14.9. The van der Waals surface area contributed by atoms with Gasteiger partial charge in [0, 0.05) is 46.1 Å². The summed E-state index contributed by atoms with van der Waals surface area (Å²) in [6.07, 6.45) is 0.0672. The second kappa shape index (κ2) is 9.47. The van der Waals surface area contributed by atoms with Crippen molar-refractivity contribution in [3.8, 4) is 0 Å². The Bertz CT molecular complexity index is 929. The van der Waals surface area contributed by atoms with Crippen molar-refractivity contribution in [2.45, 2.75) is 31.9 Å². The number of nitrogens with zero attached hydrogens (tertiary/aromatic N) is 2. The lowest BCUT2D eigenvalue weighted by Crippen LogP contribution is -2.46. The van der Waals surface area contributed by atoms with Crippen LogP contribution in [0.2, 0.25) is 0 Å². The molecule has 1 N–H and O–H groups in total. The standard InChI is InChI=1S/C24H28FN3O3/c1-17(29)26-15-20-14-21(24(30)31-20)19-7-8-23(22(25)13-19)28-11-9-27(10-12-28)16-18-5-3-2-4-6-18/h2-8,13,20-21H,9-12,14-16H2,1H3,(H,26,29)/t20-,21?/m1/s1. The van der Waals surface area contributed by atoms with Crippen molar-refractivity contribution in [2.75, 3.05) is 37.6 Å². The number of cyclic esters (lactones) is 1. The molecule has 0 saturated carbocycles. The van der Waals surface area contributed by atoms with Gasteiger partial charge in [-0.15, -0.1) is 0 Å². The SMILES string of the molecule is CC(=O)NC[C@H]1CC(c2ccc(N3CCN(Cc4ccccc4)CC3)c(F)c2)C(=O)O1. The number of benzene rings is 2. The Kier molecular flexibility index (Phi) is 6.51. The third kappa shape index (κ3) is 5.22. The number of nitrogens with one attached hydrogen (secondary N) is 1. The van der Waals surface area contributed by atoms with Crippen molar-refractivity contribution in [1.29, 1.82) is 0 Å². The average Bonchev–Trinajstić information content (AvgIpc) is 3.14. The number of hydrogen-bond acceptors (Lipinski definition) is 5. The van der Waals surface area contributed by atoms with E-state index in [9.17, 15) is 14.0 Å². The number of piperazine rings is 1. The molecule has 2 aromatic carbocycles. The van der Waals surface area contributed by atoms with E-state index in [-0.39, 0.29) is 30.3 Å². The molecule has 164 valence electrons. The van der Waals surface area contributed by atoms with E-state index in [1.807, 2.05) is 24.3 Å². The van der Waals surface area contributed by atoms with Gasteiger partial charge in [-0.1, -0.05) is 36.4 Å². The normalized spacial score (nSPS) is 21.7. The van der Waals surface area contributed by atoms with Gasteiger partial charge in [-0.05, 0) is 23.3 Å². The van der Waals surface area contributed by atoms with E-state index in [1.165, 1.54) is 18.6 Å². The Balaban J connectivity index is 1.35. The quantitative estimate of drug-likeness (QED) is 0.721. The van der Waals surface area contributed by atoms with Crippen LogP contribution in [0.5, 0.6) is 0 Å². The minimum atomic E-state index is -0.495. The Morgan fingerprint density at radius 3 is 2.55 bits per heavy atom. The van der Waals surface area contributed by atoms with E-state index in [0.29, 0.717) is 17.7 Å². The van der Waals surface area contributed by atoms with Gasteiger partial charge in [-0.3, -0.25) is 14.5 Å². The summed E-state index contributed by atoms with van der Waals surface area (Å²) in [5.41, 5.74) is 2.48. The number of amides is 1. The number of anilines is 1. The molecule has 4 rings (SSSR count). The fourth-order valence-corrected chi connectivity index (χ4v) is 4.29. The van der Waals surface area contributed by atoms with Gasteiger partial charge in [0.2, 0.25) is 5.91 Å². The Morgan fingerprint density at radius 1 is 1.13 bits per heavy atom. The monoisotopic (exact) mass is 425 g/mol. The fraction of sp³-hybridized carbons (Fsp3) is 0.417. The molecule has 2 heterocycles. The zero-order chi connectivity index (χ0) is 21.8. The number of esters is 1. The highest BCUT2D eigenvalue weighted by Gasteiger charge is 2.36. The number of carbonyl (C=O) groups is 2. The van der Waals surface area contributed by atoms with E-state index in [2.05, 4.69) is 27.2 Å². The molecule has 2 saturated heterocycles. The van der Waals surface area contributed by atoms with Gasteiger partial charge in [0.1, 0.15) is 11.9 Å². The molecule has 2 aliphatic heterocycles. The zero-order valence-electron chi connectivity index (χ0n) is 17.7. The first kappa shape index (κ1) is 21.3. The number of halogens is 1. The van der Waals surface area contributed by atoms with Crippen LogP contribution in [-0.4, -0.2) is 55.6 Å². The minimum absolute atomic E-state index is 0.168. The van der Waals surface area contributed by atoms with Crippen LogP contribution < -0.4 is 10.2 Å². The Morgan fingerprint density at radius 2 is 1.87 bits per heavy atom. The first-order valence-electron chi connectivity index (χ1n) is 10.7. The van der Waals surface area contributed by atoms with Crippen molar-refractivity contribution < 1.29 is 18.7 Å². The maximum atomic E-state index is 14.9. The van der Waals surface area contributed by atoms with Crippen LogP contribution in [0.1, 0.15) is 30.4 Å². The first-order valence-corrected chi connectivity index (χ1v) is 10.7. The van der Waals surface area contributed by atoms with Gasteiger partial charge >= 0.3 is 5.97 Å². The second-order valence-electron chi connectivity index (χ2n) is 8.24. The molecule has 2 atom stereocenters. The molecular formula is C24H28FN3O3. The van der Waals surface area contributed by atoms with E-state index in [0.717, 1.165) is 32.7 Å². The second-order valence-corrected chi connectivity index (χ2v) is 8.24. The number of ether oxygens (including phenoxy) is 1. The molecule has 0 aromatic heterocycles. The lowest BCUT2D eigenvalue weighted by Gasteiger charge is -2.36. The smallest absolute Gasteiger partial charge is 0.313 e.